The SMILES string of the molecule is Cc1cc2nc(-c3cccc(C(=O)O)c3)cn2[nH]1. The molecule has 1 aromatic carbocycles. The van der Waals surface area contributed by atoms with E-state index in [0.717, 1.165) is 22.6 Å². The van der Waals surface area contributed by atoms with E-state index in [1.165, 1.54) is 0 Å². The summed E-state index contributed by atoms with van der Waals surface area (Å²) in [4.78, 5) is 15.4. The summed E-state index contributed by atoms with van der Waals surface area (Å²) < 4.78 is 1.82. The van der Waals surface area contributed by atoms with Gasteiger partial charge < -0.3 is 5.11 Å². The van der Waals surface area contributed by atoms with Gasteiger partial charge in [-0.25, -0.2) is 14.3 Å². The minimum Gasteiger partial charge on any atom is -0.478 e. The van der Waals surface area contributed by atoms with Crippen LogP contribution < -0.4 is 0 Å². The number of aryl methyl sites for hydroxylation is 1. The highest BCUT2D eigenvalue weighted by molar-refractivity contribution is 5.89. The van der Waals surface area contributed by atoms with Crippen molar-refractivity contribution < 1.29 is 9.90 Å². The van der Waals surface area contributed by atoms with Crippen molar-refractivity contribution in [1.29, 1.82) is 0 Å². The molecule has 0 bridgehead atoms. The van der Waals surface area contributed by atoms with E-state index in [0.29, 0.717) is 0 Å². The van der Waals surface area contributed by atoms with Crippen LogP contribution in [0.5, 0.6) is 0 Å². The van der Waals surface area contributed by atoms with Crippen LogP contribution >= 0.6 is 0 Å². The molecule has 3 aromatic rings. The molecule has 0 spiro atoms. The van der Waals surface area contributed by atoms with Gasteiger partial charge in [-0.1, -0.05) is 12.1 Å². The van der Waals surface area contributed by atoms with Crippen LogP contribution in [-0.4, -0.2) is 25.7 Å². The van der Waals surface area contributed by atoms with Crippen LogP contribution in [0.15, 0.2) is 36.5 Å². The third-order valence-corrected chi connectivity index (χ3v) is 2.78. The van der Waals surface area contributed by atoms with Gasteiger partial charge in [-0.2, -0.15) is 0 Å². The smallest absolute Gasteiger partial charge is 0.335 e. The van der Waals surface area contributed by atoms with Gasteiger partial charge in [0.1, 0.15) is 0 Å². The van der Waals surface area contributed by atoms with Gasteiger partial charge in [-0.15, -0.1) is 0 Å². The van der Waals surface area contributed by atoms with Crippen molar-refractivity contribution >= 4 is 11.6 Å². The number of nitrogens with zero attached hydrogens (tertiary/aromatic N) is 2. The van der Waals surface area contributed by atoms with Crippen LogP contribution in [0.1, 0.15) is 16.1 Å². The number of carboxylic acids is 1. The second kappa shape index (κ2) is 3.73. The highest BCUT2D eigenvalue weighted by atomic mass is 16.4. The fourth-order valence-corrected chi connectivity index (χ4v) is 1.95. The fraction of sp³-hybridized carbons (Fsp3) is 0.0769. The molecule has 0 saturated carbocycles. The Morgan fingerprint density at radius 3 is 2.94 bits per heavy atom. The molecule has 0 aliphatic rings. The van der Waals surface area contributed by atoms with Gasteiger partial charge in [-0.05, 0) is 19.1 Å². The number of fused-ring (bicyclic) bond motifs is 1. The number of hydrogen-bond donors (Lipinski definition) is 2. The second-order valence-electron chi connectivity index (χ2n) is 4.18. The Morgan fingerprint density at radius 2 is 2.22 bits per heavy atom. The quantitative estimate of drug-likeness (QED) is 0.723. The first-order valence-electron chi connectivity index (χ1n) is 5.52. The van der Waals surface area contributed by atoms with Crippen LogP contribution in [0.3, 0.4) is 0 Å². The van der Waals surface area contributed by atoms with E-state index < -0.39 is 5.97 Å². The molecular weight excluding hydrogens is 230 g/mol. The number of imidazole rings is 1. The third kappa shape index (κ3) is 1.66. The first-order valence-corrected chi connectivity index (χ1v) is 5.52. The lowest BCUT2D eigenvalue weighted by molar-refractivity contribution is 0.0697. The van der Waals surface area contributed by atoms with E-state index in [4.69, 9.17) is 5.11 Å². The first-order chi connectivity index (χ1) is 8.63. The number of aromatic carboxylic acids is 1. The Balaban J connectivity index is 2.10. The number of hydrogen-bond acceptors (Lipinski definition) is 2. The van der Waals surface area contributed by atoms with Crippen LogP contribution in [-0.2, 0) is 0 Å². The van der Waals surface area contributed by atoms with E-state index in [2.05, 4.69) is 10.1 Å². The number of aromatic amines is 1. The van der Waals surface area contributed by atoms with Crippen molar-refractivity contribution in [3.63, 3.8) is 0 Å². The van der Waals surface area contributed by atoms with Gasteiger partial charge in [0.05, 0.1) is 17.5 Å². The third-order valence-electron chi connectivity index (χ3n) is 2.78. The van der Waals surface area contributed by atoms with Crippen LogP contribution in [0.25, 0.3) is 16.9 Å². The highest BCUT2D eigenvalue weighted by Gasteiger charge is 2.08. The highest BCUT2D eigenvalue weighted by Crippen LogP contribution is 2.20. The van der Waals surface area contributed by atoms with Crippen LogP contribution in [0.4, 0.5) is 0 Å². The average Bonchev–Trinajstić information content (AvgIpc) is 2.86. The van der Waals surface area contributed by atoms with Gasteiger partial charge >= 0.3 is 5.97 Å². The summed E-state index contributed by atoms with van der Waals surface area (Å²) in [6.45, 7) is 1.96. The zero-order valence-electron chi connectivity index (χ0n) is 9.71. The summed E-state index contributed by atoms with van der Waals surface area (Å²) >= 11 is 0. The molecule has 0 fully saturated rings. The zero-order valence-corrected chi connectivity index (χ0v) is 9.71. The summed E-state index contributed by atoms with van der Waals surface area (Å²) in [5.41, 5.74) is 3.67. The summed E-state index contributed by atoms with van der Waals surface area (Å²) in [5.74, 6) is -0.933. The van der Waals surface area contributed by atoms with Gasteiger partial charge in [0.2, 0.25) is 0 Å². The molecular formula is C13H11N3O2. The topological polar surface area (TPSA) is 70.4 Å². The number of aromatic nitrogens is 3. The predicted octanol–water partition coefficient (Wildman–Crippen LogP) is 2.34. The van der Waals surface area contributed by atoms with E-state index in [1.54, 1.807) is 18.2 Å². The van der Waals surface area contributed by atoms with Gasteiger partial charge in [0.15, 0.2) is 5.65 Å². The molecule has 18 heavy (non-hydrogen) atoms. The van der Waals surface area contributed by atoms with E-state index in [-0.39, 0.29) is 5.56 Å². The number of rotatable bonds is 2. The number of nitrogens with one attached hydrogen (secondary N) is 1. The van der Waals surface area contributed by atoms with Crippen molar-refractivity contribution in [2.45, 2.75) is 6.92 Å². The Morgan fingerprint density at radius 1 is 1.39 bits per heavy atom. The number of carbonyl (C=O) groups is 1. The summed E-state index contributed by atoms with van der Waals surface area (Å²) in [7, 11) is 0. The predicted molar refractivity (Wildman–Crippen MR) is 66.7 cm³/mol. The molecule has 0 unspecified atom stereocenters. The van der Waals surface area contributed by atoms with E-state index in [1.807, 2.05) is 29.8 Å². The molecule has 0 aliphatic heterocycles. The molecule has 3 rings (SSSR count). The largest absolute Gasteiger partial charge is 0.478 e. The molecule has 2 aromatic heterocycles. The first kappa shape index (κ1) is 10.6. The van der Waals surface area contributed by atoms with Crippen molar-refractivity contribution in [3.05, 3.63) is 47.8 Å². The van der Waals surface area contributed by atoms with Gasteiger partial charge in [-0.3, -0.25) is 5.10 Å². The summed E-state index contributed by atoms with van der Waals surface area (Å²) in [6, 6.07) is 8.69. The van der Waals surface area contributed by atoms with Crippen molar-refractivity contribution in [2.24, 2.45) is 0 Å². The Hall–Kier alpha value is -2.56. The monoisotopic (exact) mass is 241 g/mol. The minimum atomic E-state index is -0.933. The Bertz CT molecular complexity index is 708. The minimum absolute atomic E-state index is 0.264. The second-order valence-corrected chi connectivity index (χ2v) is 4.18. The van der Waals surface area contributed by atoms with Crippen molar-refractivity contribution in [1.82, 2.24) is 14.6 Å². The van der Waals surface area contributed by atoms with Crippen LogP contribution in [0.2, 0.25) is 0 Å². The normalized spacial score (nSPS) is 10.9. The lowest BCUT2D eigenvalue weighted by atomic mass is 10.1. The molecule has 5 nitrogen and oxygen atoms in total. The maximum atomic E-state index is 10.9. The maximum absolute atomic E-state index is 10.9. The molecule has 0 saturated heterocycles. The van der Waals surface area contributed by atoms with E-state index in [9.17, 15) is 4.79 Å². The Kier molecular flexibility index (Phi) is 2.19. The maximum Gasteiger partial charge on any atom is 0.335 e. The molecule has 5 heteroatoms. The number of benzene rings is 1. The van der Waals surface area contributed by atoms with Crippen LogP contribution in [0, 0.1) is 6.92 Å². The van der Waals surface area contributed by atoms with Gasteiger partial charge in [0, 0.05) is 17.3 Å². The molecule has 2 heterocycles. The Labute approximate surface area is 103 Å². The fourth-order valence-electron chi connectivity index (χ4n) is 1.95. The van der Waals surface area contributed by atoms with Crippen molar-refractivity contribution in [3.8, 4) is 11.3 Å². The molecule has 0 radical (unpaired) electrons. The lowest BCUT2D eigenvalue weighted by Gasteiger charge is -1.98. The van der Waals surface area contributed by atoms with E-state index >= 15 is 0 Å². The summed E-state index contributed by atoms with van der Waals surface area (Å²) in [6.07, 6.45) is 1.85. The summed E-state index contributed by atoms with van der Waals surface area (Å²) in [5, 5.41) is 12.1. The number of H-pyrrole nitrogens is 1. The zero-order chi connectivity index (χ0) is 12.7. The molecule has 0 atom stereocenters. The molecule has 0 amide bonds. The molecule has 0 aliphatic carbocycles. The van der Waals surface area contributed by atoms with Crippen molar-refractivity contribution in [2.75, 3.05) is 0 Å². The molecule has 90 valence electrons. The standard InChI is InChI=1S/C13H11N3O2/c1-8-5-12-14-11(7-16(12)15-8)9-3-2-4-10(6-9)13(17)18/h2-7,15H,1H3,(H,17,18). The molecule has 2 N–H and O–H groups in total. The number of carboxylic acid groups (broad SMARTS) is 1. The van der Waals surface area contributed by atoms with Gasteiger partial charge in [0.25, 0.3) is 0 Å². The lowest BCUT2D eigenvalue weighted by Crippen LogP contribution is -1.95. The average molecular weight is 241 g/mol.